The van der Waals surface area contributed by atoms with Gasteiger partial charge in [0.25, 0.3) is 0 Å². The number of carbonyl (C=O) groups is 1. The number of nitrogens with zero attached hydrogens (tertiary/aromatic N) is 4. The van der Waals surface area contributed by atoms with E-state index in [2.05, 4.69) is 39.6 Å². The van der Waals surface area contributed by atoms with E-state index in [1.807, 2.05) is 12.1 Å². The van der Waals surface area contributed by atoms with Crippen LogP contribution in [0.15, 0.2) is 36.7 Å². The van der Waals surface area contributed by atoms with Crippen LogP contribution in [-0.2, 0) is 0 Å². The fourth-order valence-corrected chi connectivity index (χ4v) is 3.91. The molecular weight excluding hydrogens is 352 g/mol. The van der Waals surface area contributed by atoms with E-state index in [0.717, 1.165) is 44.0 Å². The SMILES string of the molecule is CC1CCCN(c2ccc3c(n2)N(C(=O)Nc2cccnc2)CCCCN3)C1. The van der Waals surface area contributed by atoms with Gasteiger partial charge in [-0.3, -0.25) is 9.88 Å². The molecule has 2 aliphatic heterocycles. The Balaban J connectivity index is 1.62. The Morgan fingerprint density at radius 3 is 2.96 bits per heavy atom. The van der Waals surface area contributed by atoms with Gasteiger partial charge in [-0.2, -0.15) is 0 Å². The van der Waals surface area contributed by atoms with Crippen LogP contribution < -0.4 is 20.4 Å². The first-order valence-corrected chi connectivity index (χ1v) is 10.2. The number of pyridine rings is 2. The number of nitrogens with one attached hydrogen (secondary N) is 2. The van der Waals surface area contributed by atoms with Gasteiger partial charge in [-0.1, -0.05) is 6.92 Å². The van der Waals surface area contributed by atoms with Crippen LogP contribution >= 0.6 is 0 Å². The molecule has 0 bridgehead atoms. The Labute approximate surface area is 166 Å². The van der Waals surface area contributed by atoms with E-state index < -0.39 is 0 Å². The summed E-state index contributed by atoms with van der Waals surface area (Å²) in [6.45, 7) is 5.86. The Morgan fingerprint density at radius 2 is 2.14 bits per heavy atom. The molecule has 148 valence electrons. The molecule has 4 heterocycles. The Morgan fingerprint density at radius 1 is 1.21 bits per heavy atom. The third-order valence-electron chi connectivity index (χ3n) is 5.38. The first-order chi connectivity index (χ1) is 13.7. The van der Waals surface area contributed by atoms with Crippen molar-refractivity contribution >= 4 is 29.0 Å². The largest absolute Gasteiger partial charge is 0.382 e. The monoisotopic (exact) mass is 380 g/mol. The second-order valence-electron chi connectivity index (χ2n) is 7.69. The maximum absolute atomic E-state index is 13.0. The molecule has 7 nitrogen and oxygen atoms in total. The fraction of sp³-hybridized carbons (Fsp3) is 0.476. The van der Waals surface area contributed by atoms with Crippen molar-refractivity contribution < 1.29 is 4.79 Å². The predicted molar refractivity (Wildman–Crippen MR) is 113 cm³/mol. The molecule has 0 radical (unpaired) electrons. The first kappa shape index (κ1) is 18.5. The summed E-state index contributed by atoms with van der Waals surface area (Å²) >= 11 is 0. The van der Waals surface area contributed by atoms with Crippen molar-refractivity contribution in [3.8, 4) is 0 Å². The third kappa shape index (κ3) is 4.18. The third-order valence-corrected chi connectivity index (χ3v) is 5.38. The fourth-order valence-electron chi connectivity index (χ4n) is 3.91. The maximum Gasteiger partial charge on any atom is 0.327 e. The molecule has 1 fully saturated rings. The highest BCUT2D eigenvalue weighted by Crippen LogP contribution is 2.31. The van der Waals surface area contributed by atoms with Crippen LogP contribution in [0.3, 0.4) is 0 Å². The topological polar surface area (TPSA) is 73.4 Å². The molecule has 2 amide bonds. The summed E-state index contributed by atoms with van der Waals surface area (Å²) in [4.78, 5) is 26.1. The van der Waals surface area contributed by atoms with Crippen LogP contribution in [0.25, 0.3) is 0 Å². The number of urea groups is 1. The summed E-state index contributed by atoms with van der Waals surface area (Å²) in [6, 6.07) is 7.61. The number of anilines is 4. The number of hydrogen-bond acceptors (Lipinski definition) is 5. The van der Waals surface area contributed by atoms with E-state index in [4.69, 9.17) is 4.98 Å². The number of amides is 2. The lowest BCUT2D eigenvalue weighted by Gasteiger charge is -2.33. The Hall–Kier alpha value is -2.83. The molecule has 1 saturated heterocycles. The standard InChI is InChI=1S/C21H28N6O/c1-16-6-5-12-26(15-16)19-9-8-18-20(25-19)27(13-3-2-11-23-18)21(28)24-17-7-4-10-22-14-17/h4,7-10,14,16,23H,2-3,5-6,11-13,15H2,1H3,(H,24,28). The predicted octanol–water partition coefficient (Wildman–Crippen LogP) is 3.96. The van der Waals surface area contributed by atoms with Crippen LogP contribution in [-0.4, -0.2) is 42.2 Å². The molecule has 0 saturated carbocycles. The first-order valence-electron chi connectivity index (χ1n) is 10.2. The van der Waals surface area contributed by atoms with Gasteiger partial charge >= 0.3 is 6.03 Å². The number of rotatable bonds is 2. The molecule has 7 heteroatoms. The molecule has 2 aromatic rings. The highest BCUT2D eigenvalue weighted by Gasteiger charge is 2.24. The molecule has 2 N–H and O–H groups in total. The van der Waals surface area contributed by atoms with Crippen LogP contribution in [0.2, 0.25) is 0 Å². The molecule has 0 aliphatic carbocycles. The average Bonchev–Trinajstić information content (AvgIpc) is 2.69. The van der Waals surface area contributed by atoms with Crippen molar-refractivity contribution in [2.24, 2.45) is 5.92 Å². The summed E-state index contributed by atoms with van der Waals surface area (Å²) in [6.07, 6.45) is 7.74. The maximum atomic E-state index is 13.0. The van der Waals surface area contributed by atoms with Crippen LogP contribution in [0, 0.1) is 5.92 Å². The van der Waals surface area contributed by atoms with Gasteiger partial charge in [0.15, 0.2) is 5.82 Å². The zero-order valence-electron chi connectivity index (χ0n) is 16.4. The van der Waals surface area contributed by atoms with E-state index in [9.17, 15) is 4.79 Å². The zero-order valence-corrected chi connectivity index (χ0v) is 16.4. The Kier molecular flexibility index (Phi) is 5.60. The Bertz CT molecular complexity index is 812. The highest BCUT2D eigenvalue weighted by atomic mass is 16.2. The number of carbonyl (C=O) groups excluding carboxylic acids is 1. The minimum absolute atomic E-state index is 0.172. The zero-order chi connectivity index (χ0) is 19.3. The number of hydrogen-bond donors (Lipinski definition) is 2. The van der Waals surface area contributed by atoms with Gasteiger partial charge in [-0.05, 0) is 55.9 Å². The lowest BCUT2D eigenvalue weighted by molar-refractivity contribution is 0.256. The minimum atomic E-state index is -0.172. The van der Waals surface area contributed by atoms with Gasteiger partial charge in [0.05, 0.1) is 17.6 Å². The van der Waals surface area contributed by atoms with E-state index in [1.165, 1.54) is 12.8 Å². The van der Waals surface area contributed by atoms with Crippen LogP contribution in [0.1, 0.15) is 32.6 Å². The van der Waals surface area contributed by atoms with Crippen molar-refractivity contribution in [2.75, 3.05) is 46.6 Å². The van der Waals surface area contributed by atoms with Crippen molar-refractivity contribution in [1.82, 2.24) is 9.97 Å². The molecule has 0 aromatic carbocycles. The van der Waals surface area contributed by atoms with E-state index >= 15 is 0 Å². The molecule has 1 unspecified atom stereocenters. The van der Waals surface area contributed by atoms with Crippen LogP contribution in [0.5, 0.6) is 0 Å². The molecule has 1 atom stereocenters. The minimum Gasteiger partial charge on any atom is -0.382 e. The molecule has 28 heavy (non-hydrogen) atoms. The quantitative estimate of drug-likeness (QED) is 0.825. The molecule has 4 rings (SSSR count). The molecule has 2 aliphatic rings. The van der Waals surface area contributed by atoms with E-state index in [0.29, 0.717) is 24.0 Å². The summed E-state index contributed by atoms with van der Waals surface area (Å²) in [5.74, 6) is 2.32. The lowest BCUT2D eigenvalue weighted by atomic mass is 10.0. The van der Waals surface area contributed by atoms with Crippen LogP contribution in [0.4, 0.5) is 27.8 Å². The average molecular weight is 380 g/mol. The number of aromatic nitrogens is 2. The molecular formula is C21H28N6O. The van der Waals surface area contributed by atoms with Crippen molar-refractivity contribution in [1.29, 1.82) is 0 Å². The van der Waals surface area contributed by atoms with E-state index in [1.54, 1.807) is 17.3 Å². The van der Waals surface area contributed by atoms with Gasteiger partial charge in [-0.25, -0.2) is 9.78 Å². The van der Waals surface area contributed by atoms with E-state index in [-0.39, 0.29) is 6.03 Å². The number of piperidine rings is 1. The second kappa shape index (κ2) is 8.46. The molecule has 2 aromatic heterocycles. The summed E-state index contributed by atoms with van der Waals surface area (Å²) in [7, 11) is 0. The lowest BCUT2D eigenvalue weighted by Crippen LogP contribution is -2.39. The number of fused-ring (bicyclic) bond motifs is 1. The summed E-state index contributed by atoms with van der Waals surface area (Å²) < 4.78 is 0. The van der Waals surface area contributed by atoms with Crippen molar-refractivity contribution in [2.45, 2.75) is 32.6 Å². The summed E-state index contributed by atoms with van der Waals surface area (Å²) in [5, 5.41) is 6.39. The van der Waals surface area contributed by atoms with Crippen molar-refractivity contribution in [3.63, 3.8) is 0 Å². The van der Waals surface area contributed by atoms with Crippen molar-refractivity contribution in [3.05, 3.63) is 36.7 Å². The highest BCUT2D eigenvalue weighted by molar-refractivity contribution is 6.03. The van der Waals surface area contributed by atoms with Gasteiger partial charge in [-0.15, -0.1) is 0 Å². The van der Waals surface area contributed by atoms with Gasteiger partial charge in [0, 0.05) is 32.4 Å². The molecule has 0 spiro atoms. The van der Waals surface area contributed by atoms with Gasteiger partial charge in [0.1, 0.15) is 5.82 Å². The van der Waals surface area contributed by atoms with Gasteiger partial charge in [0.2, 0.25) is 0 Å². The van der Waals surface area contributed by atoms with Gasteiger partial charge < -0.3 is 15.5 Å². The summed E-state index contributed by atoms with van der Waals surface area (Å²) in [5.41, 5.74) is 1.60. The second-order valence-corrected chi connectivity index (χ2v) is 7.69. The smallest absolute Gasteiger partial charge is 0.327 e. The normalized spacial score (nSPS) is 19.8.